The van der Waals surface area contributed by atoms with Crippen LogP contribution in [0.15, 0.2) is 48.7 Å². The summed E-state index contributed by atoms with van der Waals surface area (Å²) in [5.74, 6) is 0.199. The van der Waals surface area contributed by atoms with E-state index < -0.39 is 24.9 Å². The number of carbonyl (C=O) groups excluding carboxylic acids is 2. The van der Waals surface area contributed by atoms with Crippen LogP contribution >= 0.6 is 0 Å². The van der Waals surface area contributed by atoms with Gasteiger partial charge in [-0.25, -0.2) is 9.50 Å². The third-order valence-corrected chi connectivity index (χ3v) is 8.64. The average Bonchev–Trinajstić information content (AvgIpc) is 3.69. The van der Waals surface area contributed by atoms with E-state index in [2.05, 4.69) is 10.00 Å². The molecule has 1 unspecified atom stereocenters. The highest BCUT2D eigenvalue weighted by atomic mass is 19.4. The van der Waals surface area contributed by atoms with Gasteiger partial charge in [0.05, 0.1) is 12.5 Å². The zero-order valence-electron chi connectivity index (χ0n) is 24.6. The molecule has 44 heavy (non-hydrogen) atoms. The van der Waals surface area contributed by atoms with Crippen molar-refractivity contribution in [2.24, 2.45) is 0 Å². The summed E-state index contributed by atoms with van der Waals surface area (Å²) >= 11 is 0. The van der Waals surface area contributed by atoms with Crippen LogP contribution in [0.3, 0.4) is 0 Å². The van der Waals surface area contributed by atoms with Gasteiger partial charge in [-0.15, -0.1) is 0 Å². The van der Waals surface area contributed by atoms with Gasteiger partial charge in [0, 0.05) is 82.6 Å². The van der Waals surface area contributed by atoms with Crippen molar-refractivity contribution in [3.63, 3.8) is 0 Å². The highest BCUT2D eigenvalue weighted by Crippen LogP contribution is 2.27. The number of fused-ring (bicyclic) bond motifs is 1. The average molecular weight is 611 g/mol. The number of halogens is 3. The van der Waals surface area contributed by atoms with Crippen molar-refractivity contribution in [1.29, 1.82) is 0 Å². The Kier molecular flexibility index (Phi) is 8.99. The maximum atomic E-state index is 13.1. The van der Waals surface area contributed by atoms with Crippen molar-refractivity contribution in [3.8, 4) is 0 Å². The van der Waals surface area contributed by atoms with Gasteiger partial charge < -0.3 is 14.5 Å². The summed E-state index contributed by atoms with van der Waals surface area (Å²) in [6.45, 7) is 5.58. The van der Waals surface area contributed by atoms with Crippen LogP contribution in [0, 0.1) is 0 Å². The Bertz CT molecular complexity index is 1510. The number of benzene rings is 1. The number of carbonyl (C=O) groups is 2. The number of pyridine rings is 1. The van der Waals surface area contributed by atoms with Gasteiger partial charge in [0.2, 0.25) is 5.91 Å². The van der Waals surface area contributed by atoms with Gasteiger partial charge in [-0.05, 0) is 54.7 Å². The first-order chi connectivity index (χ1) is 21.2. The number of hydrogen-bond acceptors (Lipinski definition) is 6. The van der Waals surface area contributed by atoms with Crippen LogP contribution in [-0.2, 0) is 16.0 Å². The van der Waals surface area contributed by atoms with E-state index in [0.717, 1.165) is 55.8 Å². The van der Waals surface area contributed by atoms with E-state index in [1.807, 2.05) is 53.6 Å². The van der Waals surface area contributed by atoms with Gasteiger partial charge >= 0.3 is 6.18 Å². The van der Waals surface area contributed by atoms with E-state index in [1.165, 1.54) is 4.90 Å². The lowest BCUT2D eigenvalue weighted by molar-refractivity contribution is -0.148. The monoisotopic (exact) mass is 610 g/mol. The minimum atomic E-state index is -4.34. The lowest BCUT2D eigenvalue weighted by Crippen LogP contribution is -2.50. The summed E-state index contributed by atoms with van der Waals surface area (Å²) in [4.78, 5) is 35.9. The maximum absolute atomic E-state index is 13.1. The Morgan fingerprint density at radius 3 is 2.48 bits per heavy atom. The molecule has 5 heterocycles. The van der Waals surface area contributed by atoms with Crippen LogP contribution in [0.4, 0.5) is 13.2 Å². The standard InChI is InChI=1S/C32H37F3N6O3/c33-32(34,35)12-9-29(42)39-14-10-24(11-15-39)27-4-1-13-41-30(27)36-28(37-41)21-23-5-7-25(8-6-23)31(43)40-18-16-38(17-19-40)22-26-3-2-20-44-26/h1,4-8,10,13,26H,2-3,9,11-12,14-22H2. The van der Waals surface area contributed by atoms with Crippen molar-refractivity contribution in [1.82, 2.24) is 29.3 Å². The number of ether oxygens (including phenoxy) is 1. The van der Waals surface area contributed by atoms with Gasteiger partial charge in [-0.3, -0.25) is 14.5 Å². The predicted molar refractivity (Wildman–Crippen MR) is 158 cm³/mol. The Morgan fingerprint density at radius 2 is 1.80 bits per heavy atom. The molecule has 6 rings (SSSR count). The SMILES string of the molecule is O=C(CCC(F)(F)F)N1CC=C(c2cccn3nc(Cc4ccc(C(=O)N5CCN(CC6CCCO6)CC5)cc4)nc23)CC1. The van der Waals surface area contributed by atoms with E-state index in [-0.39, 0.29) is 12.5 Å². The number of alkyl halides is 3. The highest BCUT2D eigenvalue weighted by molar-refractivity contribution is 5.94. The predicted octanol–water partition coefficient (Wildman–Crippen LogP) is 4.22. The summed E-state index contributed by atoms with van der Waals surface area (Å²) in [6.07, 6.45) is 1.35. The molecule has 0 radical (unpaired) electrons. The molecule has 3 aliphatic rings. The van der Waals surface area contributed by atoms with Crippen LogP contribution < -0.4 is 0 Å². The summed E-state index contributed by atoms with van der Waals surface area (Å²) in [5.41, 5.74) is 4.23. The molecule has 2 aromatic heterocycles. The first kappa shape index (κ1) is 30.3. The van der Waals surface area contributed by atoms with Crippen molar-refractivity contribution < 1.29 is 27.5 Å². The van der Waals surface area contributed by atoms with E-state index in [1.54, 1.807) is 4.52 Å². The van der Waals surface area contributed by atoms with Crippen LogP contribution in [0.2, 0.25) is 0 Å². The molecule has 3 aromatic rings. The summed E-state index contributed by atoms with van der Waals surface area (Å²) in [5, 5.41) is 4.65. The molecule has 3 aliphatic heterocycles. The van der Waals surface area contributed by atoms with Crippen molar-refractivity contribution in [3.05, 3.63) is 71.2 Å². The minimum Gasteiger partial charge on any atom is -0.377 e. The van der Waals surface area contributed by atoms with Crippen LogP contribution in [-0.4, -0.2) is 106 Å². The first-order valence-electron chi connectivity index (χ1n) is 15.3. The van der Waals surface area contributed by atoms with Gasteiger partial charge in [0.15, 0.2) is 11.5 Å². The molecule has 234 valence electrons. The number of hydrogen-bond donors (Lipinski definition) is 0. The molecule has 9 nitrogen and oxygen atoms in total. The quantitative estimate of drug-likeness (QED) is 0.380. The molecule has 0 bridgehead atoms. The van der Waals surface area contributed by atoms with Gasteiger partial charge in [-0.1, -0.05) is 18.2 Å². The van der Waals surface area contributed by atoms with E-state index >= 15 is 0 Å². The zero-order chi connectivity index (χ0) is 30.7. The van der Waals surface area contributed by atoms with Gasteiger partial charge in [0.1, 0.15) is 0 Å². The Morgan fingerprint density at radius 1 is 1.00 bits per heavy atom. The second-order valence-electron chi connectivity index (χ2n) is 11.8. The Labute approximate surface area is 254 Å². The molecule has 2 amide bonds. The Balaban J connectivity index is 1.05. The summed E-state index contributed by atoms with van der Waals surface area (Å²) in [7, 11) is 0. The molecule has 0 saturated carbocycles. The lowest BCUT2D eigenvalue weighted by Gasteiger charge is -2.35. The molecular weight excluding hydrogens is 573 g/mol. The van der Waals surface area contributed by atoms with Crippen LogP contribution in [0.1, 0.15) is 59.4 Å². The second-order valence-corrected chi connectivity index (χ2v) is 11.8. The number of nitrogens with zero attached hydrogens (tertiary/aromatic N) is 6. The molecule has 0 aliphatic carbocycles. The lowest BCUT2D eigenvalue weighted by atomic mass is 10.00. The molecular formula is C32H37F3N6O3. The van der Waals surface area contributed by atoms with Gasteiger partial charge in [-0.2, -0.15) is 18.3 Å². The molecule has 1 aromatic carbocycles. The van der Waals surface area contributed by atoms with Crippen LogP contribution in [0.5, 0.6) is 0 Å². The zero-order valence-corrected chi connectivity index (χ0v) is 24.6. The largest absolute Gasteiger partial charge is 0.389 e. The maximum Gasteiger partial charge on any atom is 0.389 e. The van der Waals surface area contributed by atoms with Gasteiger partial charge in [0.25, 0.3) is 5.91 Å². The third kappa shape index (κ3) is 7.29. The molecule has 0 spiro atoms. The van der Waals surface area contributed by atoms with E-state index in [0.29, 0.717) is 55.6 Å². The summed E-state index contributed by atoms with van der Waals surface area (Å²) < 4.78 is 45.0. The minimum absolute atomic E-state index is 0.0465. The summed E-state index contributed by atoms with van der Waals surface area (Å²) in [6, 6.07) is 11.5. The van der Waals surface area contributed by atoms with Crippen molar-refractivity contribution >= 4 is 23.0 Å². The highest BCUT2D eigenvalue weighted by Gasteiger charge is 2.30. The second kappa shape index (κ2) is 13.1. The number of aromatic nitrogens is 3. The fourth-order valence-corrected chi connectivity index (χ4v) is 6.16. The normalized spacial score (nSPS) is 19.9. The topological polar surface area (TPSA) is 83.3 Å². The van der Waals surface area contributed by atoms with Crippen LogP contribution in [0.25, 0.3) is 11.2 Å². The Hall–Kier alpha value is -3.77. The van der Waals surface area contributed by atoms with Crippen molar-refractivity contribution in [2.75, 3.05) is 52.4 Å². The smallest absolute Gasteiger partial charge is 0.377 e. The molecule has 0 N–H and O–H groups in total. The molecule has 12 heteroatoms. The first-order valence-corrected chi connectivity index (χ1v) is 15.3. The fraction of sp³-hybridized carbons (Fsp3) is 0.500. The molecule has 2 saturated heterocycles. The fourth-order valence-electron chi connectivity index (χ4n) is 6.16. The third-order valence-electron chi connectivity index (χ3n) is 8.64. The van der Waals surface area contributed by atoms with Crippen molar-refractivity contribution in [2.45, 2.75) is 50.8 Å². The van der Waals surface area contributed by atoms with E-state index in [4.69, 9.17) is 9.72 Å². The van der Waals surface area contributed by atoms with E-state index in [9.17, 15) is 22.8 Å². The molecule has 1 atom stereocenters. The molecule has 2 fully saturated rings. The number of piperazine rings is 1. The number of rotatable bonds is 8. The number of amides is 2.